The highest BCUT2D eigenvalue weighted by Gasteiger charge is 2.09. The molecule has 0 aliphatic heterocycles. The summed E-state index contributed by atoms with van der Waals surface area (Å²) in [5.41, 5.74) is 4.72. The number of hydrogen-bond donors (Lipinski definition) is 0. The number of nitrogens with zero attached hydrogens (tertiary/aromatic N) is 8. The lowest BCUT2D eigenvalue weighted by atomic mass is 10.2. The number of azo groups is 2. The van der Waals surface area contributed by atoms with Crippen LogP contribution < -0.4 is 9.13 Å². The predicted molar refractivity (Wildman–Crippen MR) is 172 cm³/mol. The smallest absolute Gasteiger partial charge is 0.324 e. The number of benzene rings is 2. The zero-order valence-electron chi connectivity index (χ0n) is 24.7. The van der Waals surface area contributed by atoms with E-state index in [1.54, 1.807) is 0 Å². The second kappa shape index (κ2) is 14.6. The summed E-state index contributed by atoms with van der Waals surface area (Å²) in [6.07, 6.45) is 18.8. The van der Waals surface area contributed by atoms with Gasteiger partial charge in [-0.25, -0.2) is 9.13 Å². The minimum atomic E-state index is 0.833. The van der Waals surface area contributed by atoms with Crippen molar-refractivity contribution >= 4 is 22.9 Å². The molecular formula is C36H36N8+2. The lowest BCUT2D eigenvalue weighted by Gasteiger charge is -2.03. The highest BCUT2D eigenvalue weighted by molar-refractivity contribution is 5.46. The van der Waals surface area contributed by atoms with E-state index in [4.69, 9.17) is 0 Å². The molecule has 0 saturated carbocycles. The topological polar surface area (TPSA) is 67.1 Å². The molecule has 0 bridgehead atoms. The van der Waals surface area contributed by atoms with Gasteiger partial charge in [-0.1, -0.05) is 6.07 Å². The van der Waals surface area contributed by atoms with E-state index in [1.807, 2.05) is 116 Å². The van der Waals surface area contributed by atoms with Crippen LogP contribution in [0.15, 0.2) is 167 Å². The first-order valence-electron chi connectivity index (χ1n) is 15.1. The number of aryl methyl sites for hydroxylation is 2. The van der Waals surface area contributed by atoms with Crippen molar-refractivity contribution in [2.24, 2.45) is 20.5 Å². The van der Waals surface area contributed by atoms with E-state index in [-0.39, 0.29) is 0 Å². The van der Waals surface area contributed by atoms with Crippen LogP contribution in [0.3, 0.4) is 0 Å². The zero-order chi connectivity index (χ0) is 29.8. The molecule has 218 valence electrons. The lowest BCUT2D eigenvalue weighted by Crippen LogP contribution is -2.33. The summed E-state index contributed by atoms with van der Waals surface area (Å²) in [7, 11) is 0. The molecule has 0 spiro atoms. The Morgan fingerprint density at radius 2 is 1.02 bits per heavy atom. The normalized spacial score (nSPS) is 11.5. The summed E-state index contributed by atoms with van der Waals surface area (Å²) in [4.78, 5) is 0. The molecule has 2 aromatic carbocycles. The summed E-state index contributed by atoms with van der Waals surface area (Å²) >= 11 is 0. The first-order chi connectivity index (χ1) is 21.8. The van der Waals surface area contributed by atoms with Crippen LogP contribution in [-0.4, -0.2) is 9.13 Å². The SMILES string of the molecule is c1cc[n+](CCCCCC[n+]2cccc(N=Nc3ccc(-n4cccc4)cc3)c2)c(N=Nc2ccc(-n3cccc3)cc2)c1. The van der Waals surface area contributed by atoms with Crippen molar-refractivity contribution in [3.63, 3.8) is 0 Å². The van der Waals surface area contributed by atoms with E-state index >= 15 is 0 Å². The summed E-state index contributed by atoms with van der Waals surface area (Å²) in [5, 5.41) is 17.9. The van der Waals surface area contributed by atoms with Crippen LogP contribution in [-0.2, 0) is 13.1 Å². The third kappa shape index (κ3) is 7.86. The Balaban J connectivity index is 0.940. The van der Waals surface area contributed by atoms with E-state index in [1.165, 1.54) is 0 Å². The number of rotatable bonds is 13. The van der Waals surface area contributed by atoms with E-state index in [9.17, 15) is 0 Å². The third-order valence-corrected chi connectivity index (χ3v) is 7.38. The molecule has 6 rings (SSSR count). The molecule has 0 radical (unpaired) electrons. The molecule has 0 amide bonds. The second-order valence-corrected chi connectivity index (χ2v) is 10.6. The molecule has 0 aliphatic carbocycles. The Kier molecular flexibility index (Phi) is 9.49. The number of aromatic nitrogens is 4. The van der Waals surface area contributed by atoms with Gasteiger partial charge in [0.15, 0.2) is 12.4 Å². The summed E-state index contributed by atoms with van der Waals surface area (Å²) in [6, 6.07) is 34.3. The molecule has 0 N–H and O–H groups in total. The van der Waals surface area contributed by atoms with Gasteiger partial charge in [0.25, 0.3) is 0 Å². The van der Waals surface area contributed by atoms with Gasteiger partial charge in [-0.15, -0.1) is 5.11 Å². The van der Waals surface area contributed by atoms with E-state index < -0.39 is 0 Å². The Morgan fingerprint density at radius 1 is 0.455 bits per heavy atom. The van der Waals surface area contributed by atoms with Crippen molar-refractivity contribution in [1.82, 2.24) is 9.13 Å². The monoisotopic (exact) mass is 580 g/mol. The second-order valence-electron chi connectivity index (χ2n) is 10.6. The van der Waals surface area contributed by atoms with E-state index in [0.29, 0.717) is 0 Å². The minimum absolute atomic E-state index is 0.833. The number of hydrogen-bond acceptors (Lipinski definition) is 4. The maximum atomic E-state index is 4.54. The maximum absolute atomic E-state index is 4.54. The van der Waals surface area contributed by atoms with Crippen LogP contribution in [0.25, 0.3) is 11.4 Å². The molecule has 8 heteroatoms. The fourth-order valence-electron chi connectivity index (χ4n) is 5.00. The van der Waals surface area contributed by atoms with Crippen molar-refractivity contribution < 1.29 is 9.13 Å². The Bertz CT molecular complexity index is 1790. The Hall–Kier alpha value is -5.50. The van der Waals surface area contributed by atoms with Crippen molar-refractivity contribution in [2.45, 2.75) is 38.8 Å². The van der Waals surface area contributed by atoms with Gasteiger partial charge in [0.1, 0.15) is 17.9 Å². The molecule has 4 aromatic heterocycles. The maximum Gasteiger partial charge on any atom is 0.350 e. The molecule has 6 aromatic rings. The molecule has 0 saturated heterocycles. The molecule has 4 heterocycles. The Labute approximate surface area is 257 Å². The van der Waals surface area contributed by atoms with E-state index in [2.05, 4.69) is 69.4 Å². The van der Waals surface area contributed by atoms with Gasteiger partial charge in [-0.2, -0.15) is 5.11 Å². The fourth-order valence-corrected chi connectivity index (χ4v) is 5.00. The number of pyridine rings is 2. The van der Waals surface area contributed by atoms with Crippen LogP contribution in [0.4, 0.5) is 22.9 Å². The molecule has 0 atom stereocenters. The quantitative estimate of drug-likeness (QED) is 0.0744. The minimum Gasteiger partial charge on any atom is -0.324 e. The summed E-state index contributed by atoms with van der Waals surface area (Å²) < 4.78 is 8.51. The van der Waals surface area contributed by atoms with Crippen LogP contribution >= 0.6 is 0 Å². The van der Waals surface area contributed by atoms with Crippen LogP contribution in [0.1, 0.15) is 25.7 Å². The highest BCUT2D eigenvalue weighted by atomic mass is 15.2. The molecule has 0 unspecified atom stereocenters. The van der Waals surface area contributed by atoms with Crippen LogP contribution in [0.5, 0.6) is 0 Å². The van der Waals surface area contributed by atoms with Gasteiger partial charge in [-0.05, 0) is 109 Å². The Morgan fingerprint density at radius 3 is 1.66 bits per heavy atom. The molecule has 8 nitrogen and oxygen atoms in total. The van der Waals surface area contributed by atoms with Crippen molar-refractivity contribution in [2.75, 3.05) is 0 Å². The van der Waals surface area contributed by atoms with Crippen molar-refractivity contribution in [1.29, 1.82) is 0 Å². The summed E-state index contributed by atoms with van der Waals surface area (Å²) in [6.45, 7) is 1.87. The molecular weight excluding hydrogens is 544 g/mol. The van der Waals surface area contributed by atoms with Gasteiger partial charge < -0.3 is 9.13 Å². The average Bonchev–Trinajstić information content (AvgIpc) is 3.82. The average molecular weight is 581 g/mol. The van der Waals surface area contributed by atoms with Crippen molar-refractivity contribution in [3.8, 4) is 11.4 Å². The zero-order valence-corrected chi connectivity index (χ0v) is 24.7. The van der Waals surface area contributed by atoms with Crippen molar-refractivity contribution in [3.05, 3.63) is 147 Å². The molecule has 0 fully saturated rings. The van der Waals surface area contributed by atoms with Crippen LogP contribution in [0, 0.1) is 0 Å². The standard InChI is InChI=1S/C36H36N8/c1(4-22-41-23-11-12-33(30-41)39-37-31-14-18-34(19-15-31)42-24-7-8-25-42)2-5-28-44-29-6-3-13-36(44)40-38-32-16-20-35(21-17-32)43-26-9-10-27-43/h3,6-21,23-27,29-30H,1-2,4-5,22,28H2/q+2. The predicted octanol–water partition coefficient (Wildman–Crippen LogP) is 8.93. The van der Waals surface area contributed by atoms with Gasteiger partial charge >= 0.3 is 5.82 Å². The molecule has 44 heavy (non-hydrogen) atoms. The van der Waals surface area contributed by atoms with Gasteiger partial charge in [0.05, 0.1) is 23.5 Å². The summed E-state index contributed by atoms with van der Waals surface area (Å²) in [5.74, 6) is 0.861. The number of unbranched alkanes of at least 4 members (excludes halogenated alkanes) is 3. The highest BCUT2D eigenvalue weighted by Crippen LogP contribution is 2.20. The first kappa shape index (κ1) is 28.6. The van der Waals surface area contributed by atoms with Gasteiger partial charge in [-0.3, -0.25) is 0 Å². The van der Waals surface area contributed by atoms with Crippen LogP contribution in [0.2, 0.25) is 0 Å². The van der Waals surface area contributed by atoms with E-state index in [0.717, 1.165) is 73.0 Å². The lowest BCUT2D eigenvalue weighted by molar-refractivity contribution is -0.697. The largest absolute Gasteiger partial charge is 0.350 e. The van der Waals surface area contributed by atoms with Gasteiger partial charge in [0.2, 0.25) is 0 Å². The molecule has 0 aliphatic rings. The fraction of sp³-hybridized carbons (Fsp3) is 0.167. The van der Waals surface area contributed by atoms with Gasteiger partial charge in [0, 0.05) is 54.7 Å². The third-order valence-electron chi connectivity index (χ3n) is 7.38. The first-order valence-corrected chi connectivity index (χ1v) is 15.1.